The van der Waals surface area contributed by atoms with Gasteiger partial charge in [-0.1, -0.05) is 32.4 Å². The molecule has 0 unspecified atom stereocenters. The third kappa shape index (κ3) is 6.16. The van der Waals surface area contributed by atoms with E-state index in [1.165, 1.54) is 6.07 Å². The highest BCUT2D eigenvalue weighted by molar-refractivity contribution is 6.05. The largest absolute Gasteiger partial charge is 0.487 e. The van der Waals surface area contributed by atoms with Crippen molar-refractivity contribution in [1.29, 1.82) is 0 Å². The number of fused-ring (bicyclic) bond motifs is 1. The van der Waals surface area contributed by atoms with Crippen LogP contribution in [-0.2, 0) is 13.0 Å². The second-order valence-corrected chi connectivity index (χ2v) is 7.84. The van der Waals surface area contributed by atoms with E-state index in [1.54, 1.807) is 24.3 Å². The highest BCUT2D eigenvalue weighted by atomic mass is 19.3. The number of ether oxygens (including phenoxy) is 1. The van der Waals surface area contributed by atoms with Gasteiger partial charge in [0.15, 0.2) is 0 Å². The number of carbonyl (C=O) groups excluding carboxylic acids is 1. The molecule has 0 fully saturated rings. The van der Waals surface area contributed by atoms with Crippen molar-refractivity contribution in [1.82, 2.24) is 4.90 Å². The molecule has 6 nitrogen and oxygen atoms in total. The average Bonchev–Trinajstić information content (AvgIpc) is 2.79. The van der Waals surface area contributed by atoms with Gasteiger partial charge in [0, 0.05) is 23.2 Å². The van der Waals surface area contributed by atoms with E-state index >= 15 is 0 Å². The predicted molar refractivity (Wildman–Crippen MR) is 124 cm³/mol. The number of halogens is 2. The summed E-state index contributed by atoms with van der Waals surface area (Å²) >= 11 is 0. The van der Waals surface area contributed by atoms with Crippen LogP contribution in [0.5, 0.6) is 5.75 Å². The summed E-state index contributed by atoms with van der Waals surface area (Å²) in [6, 6.07) is 12.0. The van der Waals surface area contributed by atoms with Crippen LogP contribution in [0.25, 0.3) is 11.0 Å². The van der Waals surface area contributed by atoms with E-state index in [0.717, 1.165) is 18.7 Å². The quantitative estimate of drug-likeness (QED) is 0.429. The number of aryl methyl sites for hydroxylation is 1. The summed E-state index contributed by atoms with van der Waals surface area (Å²) in [6.07, 6.45) is -1.45. The lowest BCUT2D eigenvalue weighted by Gasteiger charge is -2.14. The van der Waals surface area contributed by atoms with Crippen molar-refractivity contribution in [3.63, 3.8) is 0 Å². The van der Waals surface area contributed by atoms with Crippen LogP contribution in [0.4, 0.5) is 14.5 Å². The van der Waals surface area contributed by atoms with Gasteiger partial charge in [0.25, 0.3) is 12.3 Å². The minimum absolute atomic E-state index is 0.138. The number of hydrogen-bond acceptors (Lipinski definition) is 5. The first-order valence-electron chi connectivity index (χ1n) is 10.9. The zero-order valence-electron chi connectivity index (χ0n) is 19.0. The van der Waals surface area contributed by atoms with Crippen molar-refractivity contribution in [3.05, 3.63) is 69.6 Å². The average molecular weight is 459 g/mol. The van der Waals surface area contributed by atoms with Gasteiger partial charge >= 0.3 is 5.63 Å². The van der Waals surface area contributed by atoms with Crippen LogP contribution in [0.15, 0.2) is 51.7 Å². The Morgan fingerprint density at radius 2 is 1.88 bits per heavy atom. The number of anilines is 1. The molecule has 0 aliphatic rings. The third-order valence-electron chi connectivity index (χ3n) is 5.28. The molecule has 3 rings (SSSR count). The summed E-state index contributed by atoms with van der Waals surface area (Å²) in [7, 11) is 2.02. The first kappa shape index (κ1) is 24.4. The summed E-state index contributed by atoms with van der Waals surface area (Å²) in [4.78, 5) is 27.5. The molecule has 33 heavy (non-hydrogen) atoms. The predicted octanol–water partition coefficient (Wildman–Crippen LogP) is 5.09. The maximum atomic E-state index is 12.8. The summed E-state index contributed by atoms with van der Waals surface area (Å²) in [5.41, 5.74) is 1.51. The topological polar surface area (TPSA) is 71.8 Å². The van der Waals surface area contributed by atoms with E-state index in [4.69, 9.17) is 9.15 Å². The minimum atomic E-state index is -2.62. The molecule has 0 aliphatic carbocycles. The fraction of sp³-hybridized carbons (Fsp3) is 0.360. The Kier molecular flexibility index (Phi) is 8.16. The first-order chi connectivity index (χ1) is 15.8. The van der Waals surface area contributed by atoms with E-state index in [9.17, 15) is 18.4 Å². The second kappa shape index (κ2) is 11.0. The number of rotatable bonds is 10. The maximum Gasteiger partial charge on any atom is 0.349 e. The number of amides is 1. The van der Waals surface area contributed by atoms with Gasteiger partial charge in [0.2, 0.25) is 0 Å². The monoisotopic (exact) mass is 458 g/mol. The lowest BCUT2D eigenvalue weighted by atomic mass is 10.0. The Morgan fingerprint density at radius 1 is 1.15 bits per heavy atom. The highest BCUT2D eigenvalue weighted by Gasteiger charge is 2.18. The fourth-order valence-electron chi connectivity index (χ4n) is 3.47. The number of hydrogen-bond donors (Lipinski definition) is 1. The smallest absolute Gasteiger partial charge is 0.349 e. The van der Waals surface area contributed by atoms with Crippen LogP contribution in [0.3, 0.4) is 0 Å². The Bertz CT molecular complexity index is 1160. The van der Waals surface area contributed by atoms with Crippen LogP contribution in [-0.4, -0.2) is 37.4 Å². The highest BCUT2D eigenvalue weighted by Crippen LogP contribution is 2.29. The number of benzene rings is 2. The van der Waals surface area contributed by atoms with Crippen molar-refractivity contribution in [2.24, 2.45) is 0 Å². The lowest BCUT2D eigenvalue weighted by Crippen LogP contribution is -2.21. The summed E-state index contributed by atoms with van der Waals surface area (Å²) in [6.45, 7) is 4.96. The van der Waals surface area contributed by atoms with Gasteiger partial charge in [0.05, 0.1) is 0 Å². The third-order valence-corrected chi connectivity index (χ3v) is 5.28. The van der Waals surface area contributed by atoms with E-state index in [-0.39, 0.29) is 16.9 Å². The molecule has 0 saturated carbocycles. The molecule has 0 bridgehead atoms. The Hall–Kier alpha value is -3.26. The molecule has 0 spiro atoms. The molecule has 176 valence electrons. The zero-order chi connectivity index (χ0) is 24.0. The second-order valence-electron chi connectivity index (χ2n) is 7.84. The molecule has 0 saturated heterocycles. The molecular weight excluding hydrogens is 430 g/mol. The minimum Gasteiger partial charge on any atom is -0.487 e. The van der Waals surface area contributed by atoms with E-state index in [0.29, 0.717) is 29.5 Å². The molecule has 1 heterocycles. The molecule has 1 amide bonds. The molecule has 2 aromatic carbocycles. The summed E-state index contributed by atoms with van der Waals surface area (Å²) < 4.78 is 35.8. The van der Waals surface area contributed by atoms with Gasteiger partial charge in [-0.25, -0.2) is 13.6 Å². The number of nitrogens with zero attached hydrogens (tertiary/aromatic N) is 1. The lowest BCUT2D eigenvalue weighted by molar-refractivity contribution is 0.0814. The SMILES string of the molecule is CCCc1c(OCC(F)F)ccc2cc(C(=O)Nc3ccc(CN(C)CC)cc3)c(=O)oc12. The fourth-order valence-corrected chi connectivity index (χ4v) is 3.47. The van der Waals surface area contributed by atoms with Crippen LogP contribution in [0.2, 0.25) is 0 Å². The van der Waals surface area contributed by atoms with Crippen LogP contribution >= 0.6 is 0 Å². The van der Waals surface area contributed by atoms with Crippen molar-refractivity contribution >= 4 is 22.6 Å². The van der Waals surface area contributed by atoms with E-state index in [2.05, 4.69) is 17.1 Å². The normalized spacial score (nSPS) is 11.4. The van der Waals surface area contributed by atoms with Crippen molar-refractivity contribution in [2.45, 2.75) is 39.7 Å². The Balaban J connectivity index is 1.86. The standard InChI is InChI=1S/C25H28F2N2O4/c1-4-6-19-21(32-15-22(26)27)12-9-17-13-20(25(31)33-23(17)19)24(30)28-18-10-7-16(8-11-18)14-29(3)5-2/h7-13,22H,4-6,14-15H2,1-3H3,(H,28,30). The van der Waals surface area contributed by atoms with Crippen molar-refractivity contribution < 1.29 is 22.7 Å². The van der Waals surface area contributed by atoms with Gasteiger partial charge in [-0.05, 0) is 55.9 Å². The molecule has 1 N–H and O–H groups in total. The molecule has 1 aromatic heterocycles. The van der Waals surface area contributed by atoms with E-state index < -0.39 is 24.6 Å². The van der Waals surface area contributed by atoms with E-state index in [1.807, 2.05) is 26.1 Å². The molecule has 8 heteroatoms. The summed E-state index contributed by atoms with van der Waals surface area (Å²) in [5, 5.41) is 3.24. The van der Waals surface area contributed by atoms with Gasteiger partial charge < -0.3 is 19.4 Å². The maximum absolute atomic E-state index is 12.8. The molecule has 0 atom stereocenters. The van der Waals surface area contributed by atoms with Crippen molar-refractivity contribution in [3.8, 4) is 5.75 Å². The Morgan fingerprint density at radius 3 is 2.52 bits per heavy atom. The molecule has 0 radical (unpaired) electrons. The summed E-state index contributed by atoms with van der Waals surface area (Å²) in [5.74, 6) is -0.335. The van der Waals surface area contributed by atoms with Gasteiger partial charge in [-0.15, -0.1) is 0 Å². The van der Waals surface area contributed by atoms with Gasteiger partial charge in [0.1, 0.15) is 23.5 Å². The van der Waals surface area contributed by atoms with Gasteiger partial charge in [-0.2, -0.15) is 0 Å². The first-order valence-corrected chi connectivity index (χ1v) is 10.9. The van der Waals surface area contributed by atoms with Crippen molar-refractivity contribution in [2.75, 3.05) is 25.5 Å². The number of carbonyl (C=O) groups is 1. The molecule has 0 aliphatic heterocycles. The van der Waals surface area contributed by atoms with Crippen LogP contribution in [0.1, 0.15) is 41.8 Å². The Labute approximate surface area is 191 Å². The van der Waals surface area contributed by atoms with Crippen LogP contribution < -0.4 is 15.7 Å². The number of nitrogens with one attached hydrogen (secondary N) is 1. The number of alkyl halides is 2. The van der Waals surface area contributed by atoms with Gasteiger partial charge in [-0.3, -0.25) is 4.79 Å². The van der Waals surface area contributed by atoms with Crippen LogP contribution in [0, 0.1) is 0 Å². The molecular formula is C25H28F2N2O4. The molecule has 3 aromatic rings. The zero-order valence-corrected chi connectivity index (χ0v) is 19.0.